The molecule has 0 amide bonds. The van der Waals surface area contributed by atoms with E-state index in [-0.39, 0.29) is 12.0 Å². The minimum absolute atomic E-state index is 0.0171. The lowest BCUT2D eigenvalue weighted by atomic mass is 9.80. The summed E-state index contributed by atoms with van der Waals surface area (Å²) in [6.45, 7) is 2.97. The Morgan fingerprint density at radius 2 is 1.90 bits per heavy atom. The molecule has 0 aromatic rings. The van der Waals surface area contributed by atoms with Crippen LogP contribution in [0.5, 0.6) is 0 Å². The molecule has 12 nitrogen and oxygen atoms in total. The number of cyclic esters (lactones) is 1. The van der Waals surface area contributed by atoms with E-state index in [0.29, 0.717) is 0 Å². The molecule has 13 heteroatoms. The third-order valence-corrected chi connectivity index (χ3v) is 6.10. The Hall–Kier alpha value is -1.58. The van der Waals surface area contributed by atoms with Crippen LogP contribution in [0.2, 0.25) is 0 Å². The van der Waals surface area contributed by atoms with Crippen LogP contribution in [0.4, 0.5) is 0 Å². The van der Waals surface area contributed by atoms with Gasteiger partial charge in [-0.1, -0.05) is 6.08 Å². The Morgan fingerprint density at radius 1 is 1.21 bits per heavy atom. The van der Waals surface area contributed by atoms with E-state index in [1.165, 1.54) is 6.08 Å². The zero-order chi connectivity index (χ0) is 21.5. The first-order chi connectivity index (χ1) is 13.6. The molecule has 2 fully saturated rings. The fourth-order valence-electron chi connectivity index (χ4n) is 3.53. The lowest BCUT2D eigenvalue weighted by molar-refractivity contribution is -0.339. The highest BCUT2D eigenvalue weighted by Crippen LogP contribution is 2.41. The molecule has 0 aromatic carbocycles. The Bertz CT molecular complexity index is 777. The highest BCUT2D eigenvalue weighted by molar-refractivity contribution is 7.86. The second-order valence-corrected chi connectivity index (χ2v) is 8.47. The summed E-state index contributed by atoms with van der Waals surface area (Å²) in [4.78, 5) is 12.1. The van der Waals surface area contributed by atoms with E-state index >= 15 is 0 Å². The molecule has 29 heavy (non-hydrogen) atoms. The van der Waals surface area contributed by atoms with Crippen molar-refractivity contribution in [3.05, 3.63) is 24.5 Å². The molecule has 0 bridgehead atoms. The van der Waals surface area contributed by atoms with Crippen molar-refractivity contribution in [2.75, 3.05) is 6.61 Å². The molecule has 164 valence electrons. The van der Waals surface area contributed by atoms with E-state index in [0.717, 1.165) is 6.26 Å². The topological polar surface area (TPSA) is 189 Å². The maximum Gasteiger partial charge on any atom is 0.338 e. The third kappa shape index (κ3) is 4.18. The van der Waals surface area contributed by atoms with Crippen molar-refractivity contribution in [3.8, 4) is 0 Å². The Labute approximate surface area is 165 Å². The Balaban J connectivity index is 1.81. The molecule has 0 saturated carbocycles. The van der Waals surface area contributed by atoms with E-state index in [9.17, 15) is 38.2 Å². The molecule has 0 spiro atoms. The first kappa shape index (κ1) is 22.1. The largest absolute Gasteiger partial charge is 0.471 e. The maximum absolute atomic E-state index is 12.1. The van der Waals surface area contributed by atoms with E-state index in [1.54, 1.807) is 0 Å². The minimum Gasteiger partial charge on any atom is -0.471 e. The van der Waals surface area contributed by atoms with Gasteiger partial charge in [-0.15, -0.1) is 6.58 Å². The number of carbonyl (C=O) groups excluding carboxylic acids is 1. The lowest BCUT2D eigenvalue weighted by Crippen LogP contribution is -2.60. The normalized spacial score (nSPS) is 42.9. The van der Waals surface area contributed by atoms with Gasteiger partial charge in [0.05, 0.1) is 18.4 Å². The van der Waals surface area contributed by atoms with Crippen LogP contribution in [0.25, 0.3) is 0 Å². The van der Waals surface area contributed by atoms with Crippen LogP contribution >= 0.6 is 0 Å². The summed E-state index contributed by atoms with van der Waals surface area (Å²) in [6, 6.07) is 0. The van der Waals surface area contributed by atoms with Crippen molar-refractivity contribution >= 4 is 16.1 Å². The van der Waals surface area contributed by atoms with Gasteiger partial charge >= 0.3 is 16.1 Å². The predicted octanol–water partition coefficient (Wildman–Crippen LogP) is -2.38. The standard InChI is InChI=1S/C16H22O12S/c1-2-6-7-3-10(29(22,23)24)27-14(21)8(7)5-25-15(6)28-16-13(20)12(19)11(18)9(4-17)26-16/h2,5-7,9-13,15-20H,1,3-4H2,(H,22,23,24). The van der Waals surface area contributed by atoms with Gasteiger partial charge in [0.2, 0.25) is 11.7 Å². The van der Waals surface area contributed by atoms with Crippen LogP contribution in [0.3, 0.4) is 0 Å². The summed E-state index contributed by atoms with van der Waals surface area (Å²) in [5, 5.41) is 39.1. The van der Waals surface area contributed by atoms with Crippen molar-refractivity contribution in [1.29, 1.82) is 0 Å². The van der Waals surface area contributed by atoms with Gasteiger partial charge in [-0.25, -0.2) is 4.79 Å². The van der Waals surface area contributed by atoms with Gasteiger partial charge in [0.1, 0.15) is 24.4 Å². The number of aliphatic hydroxyl groups excluding tert-OH is 4. The number of aliphatic hydroxyl groups is 4. The first-order valence-corrected chi connectivity index (χ1v) is 10.2. The van der Waals surface area contributed by atoms with Crippen LogP contribution in [-0.4, -0.2) is 88.4 Å². The second-order valence-electron chi connectivity index (χ2n) is 6.92. The molecular formula is C16H22O12S. The van der Waals surface area contributed by atoms with Gasteiger partial charge in [-0.2, -0.15) is 8.42 Å². The fraction of sp³-hybridized carbons (Fsp3) is 0.688. The number of esters is 1. The van der Waals surface area contributed by atoms with Crippen LogP contribution in [-0.2, 0) is 33.9 Å². The molecule has 5 N–H and O–H groups in total. The van der Waals surface area contributed by atoms with Crippen molar-refractivity contribution < 1.29 is 57.1 Å². The number of rotatable bonds is 5. The van der Waals surface area contributed by atoms with Gasteiger partial charge in [-0.05, 0) is 0 Å². The third-order valence-electron chi connectivity index (χ3n) is 5.15. The Kier molecular flexibility index (Phi) is 6.31. The fourth-order valence-corrected chi connectivity index (χ4v) is 4.19. The number of hydrogen-bond donors (Lipinski definition) is 5. The average molecular weight is 438 g/mol. The summed E-state index contributed by atoms with van der Waals surface area (Å²) >= 11 is 0. The van der Waals surface area contributed by atoms with E-state index in [2.05, 4.69) is 6.58 Å². The van der Waals surface area contributed by atoms with Gasteiger partial charge in [-0.3, -0.25) is 4.55 Å². The Morgan fingerprint density at radius 3 is 2.48 bits per heavy atom. The van der Waals surface area contributed by atoms with Gasteiger partial charge in [0.25, 0.3) is 0 Å². The zero-order valence-corrected chi connectivity index (χ0v) is 15.8. The molecule has 3 rings (SSSR count). The number of carbonyl (C=O) groups is 1. The summed E-state index contributed by atoms with van der Waals surface area (Å²) in [7, 11) is -4.66. The molecule has 0 aliphatic carbocycles. The molecule has 3 aliphatic heterocycles. The maximum atomic E-state index is 12.1. The highest BCUT2D eigenvalue weighted by atomic mass is 32.2. The van der Waals surface area contributed by atoms with Crippen LogP contribution in [0.1, 0.15) is 6.42 Å². The summed E-state index contributed by atoms with van der Waals surface area (Å²) < 4.78 is 53.0. The average Bonchev–Trinajstić information content (AvgIpc) is 2.67. The van der Waals surface area contributed by atoms with E-state index in [4.69, 9.17) is 18.9 Å². The summed E-state index contributed by atoms with van der Waals surface area (Å²) in [5.41, 5.74) is -1.76. The molecule has 9 unspecified atom stereocenters. The van der Waals surface area contributed by atoms with Crippen LogP contribution < -0.4 is 0 Å². The number of fused-ring (bicyclic) bond motifs is 1. The minimum atomic E-state index is -4.66. The quantitative estimate of drug-likeness (QED) is 0.174. The lowest BCUT2D eigenvalue weighted by Gasteiger charge is -2.44. The van der Waals surface area contributed by atoms with Crippen molar-refractivity contribution in [2.45, 2.75) is 48.9 Å². The molecule has 0 aromatic heterocycles. The molecular weight excluding hydrogens is 416 g/mol. The van der Waals surface area contributed by atoms with Crippen LogP contribution in [0, 0.1) is 11.8 Å². The van der Waals surface area contributed by atoms with Crippen molar-refractivity contribution in [1.82, 2.24) is 0 Å². The second kappa shape index (κ2) is 8.28. The highest BCUT2D eigenvalue weighted by Gasteiger charge is 2.50. The van der Waals surface area contributed by atoms with E-state index in [1.807, 2.05) is 0 Å². The zero-order valence-electron chi connectivity index (χ0n) is 15.0. The van der Waals surface area contributed by atoms with Crippen LogP contribution in [0.15, 0.2) is 24.5 Å². The van der Waals surface area contributed by atoms with Crippen molar-refractivity contribution in [3.63, 3.8) is 0 Å². The van der Waals surface area contributed by atoms with Gasteiger partial charge in [0.15, 0.2) is 6.29 Å². The van der Waals surface area contributed by atoms with Gasteiger partial charge < -0.3 is 39.4 Å². The number of hydrogen-bond acceptors (Lipinski definition) is 11. The number of ether oxygens (including phenoxy) is 4. The molecule has 3 aliphatic rings. The SMILES string of the molecule is C=CC1C(OC2OC(CO)C(O)C(O)C2O)OC=C2C(=O)OC(S(=O)(=O)O)CC21. The predicted molar refractivity (Wildman–Crippen MR) is 91.0 cm³/mol. The molecule has 9 atom stereocenters. The summed E-state index contributed by atoms with van der Waals surface area (Å²) in [5.74, 6) is -2.61. The molecule has 3 heterocycles. The smallest absolute Gasteiger partial charge is 0.338 e. The molecule has 2 saturated heterocycles. The van der Waals surface area contributed by atoms with Crippen molar-refractivity contribution in [2.24, 2.45) is 11.8 Å². The summed E-state index contributed by atoms with van der Waals surface area (Å²) in [6.07, 6.45) is -6.81. The van der Waals surface area contributed by atoms with Gasteiger partial charge in [0, 0.05) is 18.3 Å². The first-order valence-electron chi connectivity index (χ1n) is 8.69. The molecule has 0 radical (unpaired) electrons. The monoisotopic (exact) mass is 438 g/mol. The van der Waals surface area contributed by atoms with E-state index < -0.39 is 77.0 Å².